The zero-order chi connectivity index (χ0) is 27.7. The van der Waals surface area contributed by atoms with Crippen LogP contribution in [0.5, 0.6) is 5.75 Å². The molecule has 39 heavy (non-hydrogen) atoms. The molecule has 10 heteroatoms. The van der Waals surface area contributed by atoms with Gasteiger partial charge in [0, 0.05) is 17.2 Å². The van der Waals surface area contributed by atoms with Gasteiger partial charge in [-0.25, -0.2) is 9.79 Å². The first kappa shape index (κ1) is 27.0. The summed E-state index contributed by atoms with van der Waals surface area (Å²) in [5.41, 5.74) is 1.90. The van der Waals surface area contributed by atoms with Gasteiger partial charge >= 0.3 is 5.97 Å². The average Bonchev–Trinajstić information content (AvgIpc) is 3.50. The fourth-order valence-electron chi connectivity index (χ4n) is 4.44. The van der Waals surface area contributed by atoms with Crippen molar-refractivity contribution >= 4 is 46.6 Å². The second kappa shape index (κ2) is 11.3. The van der Waals surface area contributed by atoms with Crippen molar-refractivity contribution in [2.75, 3.05) is 13.2 Å². The molecule has 3 heterocycles. The Kier molecular flexibility index (Phi) is 7.79. The quantitative estimate of drug-likeness (QED) is 0.258. The van der Waals surface area contributed by atoms with Crippen molar-refractivity contribution in [3.05, 3.63) is 107 Å². The molecule has 0 saturated heterocycles. The first-order valence-electron chi connectivity index (χ1n) is 12.3. The summed E-state index contributed by atoms with van der Waals surface area (Å²) < 4.78 is 19.2. The van der Waals surface area contributed by atoms with Crippen molar-refractivity contribution in [1.29, 1.82) is 0 Å². The van der Waals surface area contributed by atoms with Gasteiger partial charge in [0.15, 0.2) is 4.80 Å². The van der Waals surface area contributed by atoms with E-state index in [4.69, 9.17) is 37.1 Å². The summed E-state index contributed by atoms with van der Waals surface area (Å²) in [6.07, 6.45) is 1.67. The van der Waals surface area contributed by atoms with Gasteiger partial charge in [0.25, 0.3) is 5.56 Å². The number of hydrogen-bond donors (Lipinski definition) is 0. The van der Waals surface area contributed by atoms with Crippen LogP contribution in [0.1, 0.15) is 38.1 Å². The number of allylic oxidation sites excluding steroid dienone is 1. The number of carbonyl (C=O) groups excluding carboxylic acids is 1. The fourth-order valence-corrected chi connectivity index (χ4v) is 5.77. The molecule has 7 nitrogen and oxygen atoms in total. The molecule has 1 atom stereocenters. The third-order valence-electron chi connectivity index (χ3n) is 6.13. The van der Waals surface area contributed by atoms with Gasteiger partial charge in [0.1, 0.15) is 23.3 Å². The van der Waals surface area contributed by atoms with Crippen LogP contribution in [-0.4, -0.2) is 23.8 Å². The summed E-state index contributed by atoms with van der Waals surface area (Å²) in [6.45, 7) is 5.98. The highest BCUT2D eigenvalue weighted by Gasteiger charge is 2.35. The average molecular weight is 583 g/mol. The van der Waals surface area contributed by atoms with E-state index in [2.05, 4.69) is 4.99 Å². The monoisotopic (exact) mass is 582 g/mol. The molecule has 0 aliphatic carbocycles. The first-order valence-corrected chi connectivity index (χ1v) is 13.9. The highest BCUT2D eigenvalue weighted by atomic mass is 35.5. The lowest BCUT2D eigenvalue weighted by Gasteiger charge is -2.26. The summed E-state index contributed by atoms with van der Waals surface area (Å²) in [5.74, 6) is 1.11. The maximum absolute atomic E-state index is 13.9. The van der Waals surface area contributed by atoms with Crippen molar-refractivity contribution in [3.63, 3.8) is 0 Å². The molecule has 0 N–H and O–H groups in total. The van der Waals surface area contributed by atoms with Crippen LogP contribution in [0, 0.1) is 0 Å². The van der Waals surface area contributed by atoms with Gasteiger partial charge in [-0.1, -0.05) is 52.7 Å². The predicted octanol–water partition coefficient (Wildman–Crippen LogP) is 5.76. The number of thiazole rings is 1. The van der Waals surface area contributed by atoms with E-state index in [9.17, 15) is 9.59 Å². The van der Waals surface area contributed by atoms with E-state index < -0.39 is 12.0 Å². The molecular weight excluding hydrogens is 559 g/mol. The largest absolute Gasteiger partial charge is 0.494 e. The number of aromatic nitrogens is 1. The Bertz CT molecular complexity index is 1780. The van der Waals surface area contributed by atoms with Crippen molar-refractivity contribution in [1.82, 2.24) is 4.57 Å². The van der Waals surface area contributed by atoms with Gasteiger partial charge < -0.3 is 13.9 Å². The number of nitrogens with zero attached hydrogens (tertiary/aromatic N) is 2. The van der Waals surface area contributed by atoms with Gasteiger partial charge in [0.05, 0.1) is 39.1 Å². The lowest BCUT2D eigenvalue weighted by atomic mass is 9.95. The number of hydrogen-bond acceptors (Lipinski definition) is 7. The maximum Gasteiger partial charge on any atom is 0.338 e. The van der Waals surface area contributed by atoms with Crippen LogP contribution in [0.3, 0.4) is 0 Å². The lowest BCUT2D eigenvalue weighted by molar-refractivity contribution is -0.139. The number of para-hydroxylation sites is 1. The van der Waals surface area contributed by atoms with Crippen molar-refractivity contribution < 1.29 is 18.7 Å². The number of furan rings is 1. The number of carbonyl (C=O) groups is 1. The van der Waals surface area contributed by atoms with Crippen LogP contribution in [0.25, 0.3) is 17.4 Å². The topological polar surface area (TPSA) is 83.0 Å². The maximum atomic E-state index is 13.9. The fraction of sp³-hybridized carbons (Fsp3) is 0.207. The van der Waals surface area contributed by atoms with Crippen molar-refractivity contribution in [3.8, 4) is 17.1 Å². The minimum absolute atomic E-state index is 0.194. The normalized spacial score (nSPS) is 15.2. The second-order valence-electron chi connectivity index (χ2n) is 8.60. The molecule has 2 aromatic carbocycles. The Balaban J connectivity index is 1.65. The number of ether oxygens (including phenoxy) is 2. The minimum atomic E-state index is -0.770. The summed E-state index contributed by atoms with van der Waals surface area (Å²) in [5, 5.41) is 0.867. The standard InChI is InChI=1S/C29H24Cl2N2O5S/c1-4-36-23-9-7-6-8-19(23)26-25(28(35)37-5-2)16(3)32-29-33(26)27(34)24(39-29)15-18-11-13-22(38-18)17-10-12-20(30)21(31)14-17/h6-15,26H,4-5H2,1-3H3/b24-15-/t26-/m0/s1. The molecular formula is C29H24Cl2N2O5S. The van der Waals surface area contributed by atoms with Crippen LogP contribution >= 0.6 is 34.5 Å². The Morgan fingerprint density at radius 3 is 2.64 bits per heavy atom. The van der Waals surface area contributed by atoms with E-state index in [-0.39, 0.29) is 12.2 Å². The minimum Gasteiger partial charge on any atom is -0.494 e. The Hall–Kier alpha value is -3.59. The molecule has 200 valence electrons. The van der Waals surface area contributed by atoms with Crippen LogP contribution in [-0.2, 0) is 9.53 Å². The van der Waals surface area contributed by atoms with Crippen LogP contribution in [0.4, 0.5) is 0 Å². The van der Waals surface area contributed by atoms with Gasteiger partial charge in [-0.3, -0.25) is 9.36 Å². The van der Waals surface area contributed by atoms with Crippen LogP contribution < -0.4 is 19.6 Å². The smallest absolute Gasteiger partial charge is 0.338 e. The Labute approximate surface area is 238 Å². The van der Waals surface area contributed by atoms with E-state index in [1.807, 2.05) is 31.2 Å². The van der Waals surface area contributed by atoms with E-state index in [0.29, 0.717) is 60.1 Å². The van der Waals surface area contributed by atoms with Gasteiger partial charge in [-0.05, 0) is 57.2 Å². The summed E-state index contributed by atoms with van der Waals surface area (Å²) in [4.78, 5) is 32.1. The molecule has 1 aliphatic rings. The summed E-state index contributed by atoms with van der Waals surface area (Å²) in [6, 6.07) is 15.4. The molecule has 0 spiro atoms. The predicted molar refractivity (Wildman–Crippen MR) is 152 cm³/mol. The third-order valence-corrected chi connectivity index (χ3v) is 7.86. The van der Waals surface area contributed by atoms with Gasteiger partial charge in [-0.2, -0.15) is 0 Å². The number of esters is 1. The summed E-state index contributed by atoms with van der Waals surface area (Å²) in [7, 11) is 0. The molecule has 2 aromatic heterocycles. The van der Waals surface area contributed by atoms with Crippen LogP contribution in [0.2, 0.25) is 10.0 Å². The molecule has 0 unspecified atom stereocenters. The molecule has 0 radical (unpaired) electrons. The molecule has 5 rings (SSSR count). The first-order chi connectivity index (χ1) is 18.8. The third kappa shape index (κ3) is 5.20. The highest BCUT2D eigenvalue weighted by molar-refractivity contribution is 7.07. The molecule has 1 aliphatic heterocycles. The molecule has 0 fully saturated rings. The van der Waals surface area contributed by atoms with Gasteiger partial charge in [-0.15, -0.1) is 0 Å². The highest BCUT2D eigenvalue weighted by Crippen LogP contribution is 2.36. The zero-order valence-electron chi connectivity index (χ0n) is 21.4. The van der Waals surface area contributed by atoms with E-state index in [1.54, 1.807) is 50.3 Å². The van der Waals surface area contributed by atoms with E-state index in [0.717, 1.165) is 5.56 Å². The lowest BCUT2D eigenvalue weighted by Crippen LogP contribution is -2.40. The summed E-state index contributed by atoms with van der Waals surface area (Å²) >= 11 is 13.4. The Morgan fingerprint density at radius 1 is 1.10 bits per heavy atom. The zero-order valence-corrected chi connectivity index (χ0v) is 23.7. The van der Waals surface area contributed by atoms with E-state index >= 15 is 0 Å². The number of halogens is 2. The van der Waals surface area contributed by atoms with E-state index in [1.165, 1.54) is 15.9 Å². The number of benzene rings is 2. The molecule has 0 amide bonds. The SMILES string of the molecule is CCOC(=O)C1=C(C)N=c2s/c(=C\c3ccc(-c4ccc(Cl)c(Cl)c4)o3)c(=O)n2[C@H]1c1ccccc1OCC. The molecule has 4 aromatic rings. The molecule has 0 saturated carbocycles. The van der Waals surface area contributed by atoms with Crippen molar-refractivity contribution in [2.45, 2.75) is 26.8 Å². The number of rotatable bonds is 7. The number of fused-ring (bicyclic) bond motifs is 1. The molecule has 0 bridgehead atoms. The Morgan fingerprint density at radius 2 is 1.90 bits per heavy atom. The van der Waals surface area contributed by atoms with Crippen LogP contribution in [0.15, 0.2) is 80.1 Å². The second-order valence-corrected chi connectivity index (χ2v) is 10.4. The van der Waals surface area contributed by atoms with Crippen molar-refractivity contribution in [2.24, 2.45) is 4.99 Å². The van der Waals surface area contributed by atoms with Gasteiger partial charge in [0.2, 0.25) is 0 Å².